The van der Waals surface area contributed by atoms with Gasteiger partial charge in [-0.25, -0.2) is 4.39 Å². The van der Waals surface area contributed by atoms with Gasteiger partial charge in [-0.05, 0) is 41.9 Å². The van der Waals surface area contributed by atoms with Crippen LogP contribution in [0.5, 0.6) is 5.75 Å². The normalized spacial score (nSPS) is 13.2. The molecule has 0 unspecified atom stereocenters. The van der Waals surface area contributed by atoms with E-state index in [1.807, 2.05) is 6.92 Å². The smallest absolute Gasteiger partial charge is 0.288 e. The van der Waals surface area contributed by atoms with Gasteiger partial charge in [0.1, 0.15) is 5.75 Å². The Hall–Kier alpha value is -1.73. The number of alkyl halides is 1. The van der Waals surface area contributed by atoms with Gasteiger partial charge in [0, 0.05) is 0 Å². The number of sulfonamides is 1. The molecule has 0 aliphatic rings. The molecule has 112 valence electrons. The van der Waals surface area contributed by atoms with Crippen LogP contribution < -0.4 is 0 Å². The minimum Gasteiger partial charge on any atom is -0.507 e. The number of benzene rings is 2. The van der Waals surface area contributed by atoms with Crippen molar-refractivity contribution in [2.24, 2.45) is 3.77 Å². The van der Waals surface area contributed by atoms with Crippen LogP contribution in [0.3, 0.4) is 0 Å². The van der Waals surface area contributed by atoms with Crippen LogP contribution in [-0.2, 0) is 20.7 Å². The first-order chi connectivity index (χ1) is 9.94. The molecule has 2 aromatic rings. The molecule has 0 bridgehead atoms. The molecule has 1 N–H and O–H groups in total. The van der Waals surface area contributed by atoms with E-state index in [2.05, 4.69) is 3.77 Å². The van der Waals surface area contributed by atoms with Crippen LogP contribution in [0.2, 0.25) is 0 Å². The maximum absolute atomic E-state index is 13.2. The highest BCUT2D eigenvalue weighted by molar-refractivity contribution is 8.00. The first-order valence-electron chi connectivity index (χ1n) is 6.03. The lowest BCUT2D eigenvalue weighted by atomic mass is 10.2. The minimum absolute atomic E-state index is 0.00877. The predicted molar refractivity (Wildman–Crippen MR) is 80.5 cm³/mol. The monoisotopic (exact) mass is 327 g/mol. The number of rotatable bonds is 4. The predicted octanol–water partition coefficient (Wildman–Crippen LogP) is 3.18. The van der Waals surface area contributed by atoms with E-state index in [4.69, 9.17) is 0 Å². The Balaban J connectivity index is 2.49. The molecule has 0 fully saturated rings. The fraction of sp³-hybridized carbons (Fsp3) is 0.143. The fourth-order valence-electron chi connectivity index (χ4n) is 1.65. The molecule has 0 heterocycles. The Kier molecular flexibility index (Phi) is 4.74. The Bertz CT molecular complexity index is 771. The molecule has 0 aliphatic carbocycles. The summed E-state index contributed by atoms with van der Waals surface area (Å²) in [5, 5.41) is 9.70. The molecule has 0 amide bonds. The highest BCUT2D eigenvalue weighted by atomic mass is 32.3. The van der Waals surface area contributed by atoms with E-state index < -0.39 is 26.7 Å². The first-order valence-corrected chi connectivity index (χ1v) is 8.83. The summed E-state index contributed by atoms with van der Waals surface area (Å²) in [4.78, 5) is 0.185. The topological polar surface area (TPSA) is 66.7 Å². The maximum atomic E-state index is 13.2. The number of aryl methyl sites for hydroxylation is 1. The van der Waals surface area contributed by atoms with Gasteiger partial charge in [0.05, 0.1) is 9.79 Å². The number of halogens is 1. The highest BCUT2D eigenvalue weighted by Crippen LogP contribution is 2.24. The van der Waals surface area contributed by atoms with Gasteiger partial charge in [-0.15, -0.1) is 3.77 Å². The number of hydrogen-bond acceptors (Lipinski definition) is 3. The summed E-state index contributed by atoms with van der Waals surface area (Å²) in [6, 6.07) is 11.2. The van der Waals surface area contributed by atoms with Crippen LogP contribution in [0, 0.1) is 6.92 Å². The molecule has 1 atom stereocenters. The van der Waals surface area contributed by atoms with Gasteiger partial charge in [-0.2, -0.15) is 8.42 Å². The minimum atomic E-state index is -3.97. The summed E-state index contributed by atoms with van der Waals surface area (Å²) in [6.45, 7) is 1.83. The summed E-state index contributed by atoms with van der Waals surface area (Å²) < 4.78 is 41.2. The zero-order valence-corrected chi connectivity index (χ0v) is 12.9. The number of nitrogens with zero attached hydrogens (tertiary/aromatic N) is 1. The van der Waals surface area contributed by atoms with Gasteiger partial charge in [0.25, 0.3) is 10.0 Å². The quantitative estimate of drug-likeness (QED) is 0.938. The number of para-hydroxylation sites is 1. The van der Waals surface area contributed by atoms with Crippen LogP contribution in [-0.4, -0.2) is 19.5 Å². The third kappa shape index (κ3) is 3.68. The van der Waals surface area contributed by atoms with E-state index in [1.165, 1.54) is 24.3 Å². The lowest BCUT2D eigenvalue weighted by Crippen LogP contribution is -2.02. The fourth-order valence-corrected chi connectivity index (χ4v) is 4.56. The highest BCUT2D eigenvalue weighted by Gasteiger charge is 2.16. The van der Waals surface area contributed by atoms with Crippen LogP contribution in [0.1, 0.15) is 5.56 Å². The van der Waals surface area contributed by atoms with Gasteiger partial charge in [-0.3, -0.25) is 0 Å². The number of phenols is 1. The van der Waals surface area contributed by atoms with E-state index in [0.29, 0.717) is 0 Å². The SMILES string of the molecule is Cc1ccc(S(=O)(=O)N=[S@](CF)c2ccccc2O)cc1. The molecule has 4 nitrogen and oxygen atoms in total. The van der Waals surface area contributed by atoms with Crippen molar-refractivity contribution < 1.29 is 17.9 Å². The first kappa shape index (κ1) is 15.7. The van der Waals surface area contributed by atoms with Crippen molar-refractivity contribution >= 4 is 20.7 Å². The van der Waals surface area contributed by atoms with Gasteiger partial charge in [0.2, 0.25) is 0 Å². The Morgan fingerprint density at radius 2 is 1.76 bits per heavy atom. The van der Waals surface area contributed by atoms with E-state index >= 15 is 0 Å². The van der Waals surface area contributed by atoms with Crippen LogP contribution in [0.4, 0.5) is 4.39 Å². The molecule has 0 saturated carbocycles. The molecular weight excluding hydrogens is 313 g/mol. The molecule has 2 aromatic carbocycles. The van der Waals surface area contributed by atoms with Crippen molar-refractivity contribution in [2.75, 3.05) is 6.01 Å². The van der Waals surface area contributed by atoms with Crippen molar-refractivity contribution in [3.05, 3.63) is 54.1 Å². The largest absolute Gasteiger partial charge is 0.507 e. The number of phenolic OH excluding ortho intramolecular Hbond substituents is 1. The molecular formula is C14H14FNO3S2. The summed E-state index contributed by atoms with van der Waals surface area (Å²) in [7, 11) is -5.53. The standard InChI is InChI=1S/C14H14FNO3S2/c1-11-6-8-12(9-7-11)21(18,19)16-20(10-15)14-5-3-2-4-13(14)17/h2-9,17H,10H2,1H3/t20-/m1/s1. The second kappa shape index (κ2) is 6.36. The third-order valence-electron chi connectivity index (χ3n) is 2.73. The molecule has 7 heteroatoms. The summed E-state index contributed by atoms with van der Waals surface area (Å²) in [5.74, 6) is -0.165. The Morgan fingerprint density at radius 1 is 1.14 bits per heavy atom. The van der Waals surface area contributed by atoms with Crippen molar-refractivity contribution in [3.8, 4) is 5.75 Å². The number of hydrogen-bond donors (Lipinski definition) is 1. The third-order valence-corrected chi connectivity index (χ3v) is 6.16. The van der Waals surface area contributed by atoms with Crippen molar-refractivity contribution in [3.63, 3.8) is 0 Å². The molecule has 2 rings (SSSR count). The van der Waals surface area contributed by atoms with E-state index in [1.54, 1.807) is 24.3 Å². The maximum Gasteiger partial charge on any atom is 0.288 e. The average molecular weight is 327 g/mol. The van der Waals surface area contributed by atoms with Gasteiger partial charge >= 0.3 is 0 Å². The van der Waals surface area contributed by atoms with Gasteiger partial charge < -0.3 is 5.11 Å². The second-order valence-electron chi connectivity index (χ2n) is 4.30. The summed E-state index contributed by atoms with van der Waals surface area (Å²) >= 11 is 0. The molecule has 0 aliphatic heterocycles. The molecule has 0 spiro atoms. The lowest BCUT2D eigenvalue weighted by molar-refractivity contribution is 0.461. The van der Waals surface area contributed by atoms with Crippen LogP contribution in [0.25, 0.3) is 0 Å². The second-order valence-corrected chi connectivity index (χ2v) is 7.71. The van der Waals surface area contributed by atoms with Crippen LogP contribution >= 0.6 is 0 Å². The molecule has 0 radical (unpaired) electrons. The van der Waals surface area contributed by atoms with Crippen molar-refractivity contribution in [1.29, 1.82) is 0 Å². The number of aromatic hydroxyl groups is 1. The van der Waals surface area contributed by atoms with Crippen LogP contribution in [0.15, 0.2) is 62.1 Å². The van der Waals surface area contributed by atoms with E-state index in [0.717, 1.165) is 5.56 Å². The van der Waals surface area contributed by atoms with Gasteiger partial charge in [0.15, 0.2) is 6.01 Å². The lowest BCUT2D eigenvalue weighted by Gasteiger charge is -2.07. The molecule has 0 aromatic heterocycles. The Labute approximate surface area is 125 Å². The van der Waals surface area contributed by atoms with E-state index in [9.17, 15) is 17.9 Å². The molecule has 0 saturated heterocycles. The van der Waals surface area contributed by atoms with Crippen molar-refractivity contribution in [2.45, 2.75) is 16.7 Å². The summed E-state index contributed by atoms with van der Waals surface area (Å²) in [5.41, 5.74) is 0.916. The van der Waals surface area contributed by atoms with E-state index in [-0.39, 0.29) is 15.5 Å². The zero-order chi connectivity index (χ0) is 15.5. The molecule has 21 heavy (non-hydrogen) atoms. The Morgan fingerprint density at radius 3 is 2.33 bits per heavy atom. The average Bonchev–Trinajstić information content (AvgIpc) is 2.46. The zero-order valence-electron chi connectivity index (χ0n) is 11.2. The van der Waals surface area contributed by atoms with Gasteiger partial charge in [-0.1, -0.05) is 29.8 Å². The van der Waals surface area contributed by atoms with Crippen molar-refractivity contribution in [1.82, 2.24) is 0 Å². The summed E-state index contributed by atoms with van der Waals surface area (Å²) in [6.07, 6.45) is 0.